The van der Waals surface area contributed by atoms with Gasteiger partial charge in [0.1, 0.15) is 0 Å². The highest BCUT2D eigenvalue weighted by molar-refractivity contribution is 5.38. The van der Waals surface area contributed by atoms with Crippen LogP contribution in [0.15, 0.2) is 30.3 Å². The van der Waals surface area contributed by atoms with Gasteiger partial charge in [-0.25, -0.2) is 4.68 Å². The summed E-state index contributed by atoms with van der Waals surface area (Å²) in [7, 11) is 1.48. The van der Waals surface area contributed by atoms with Crippen molar-refractivity contribution in [3.63, 3.8) is 0 Å². The van der Waals surface area contributed by atoms with Gasteiger partial charge in [-0.05, 0) is 31.2 Å². The molecule has 0 aliphatic rings. The van der Waals surface area contributed by atoms with Crippen molar-refractivity contribution in [1.82, 2.24) is 9.78 Å². The molecule has 1 aromatic carbocycles. The molecule has 0 radical (unpaired) electrons. The van der Waals surface area contributed by atoms with E-state index < -0.39 is 11.7 Å². The molecule has 1 aromatic heterocycles. The van der Waals surface area contributed by atoms with Crippen molar-refractivity contribution in [3.8, 4) is 11.6 Å². The van der Waals surface area contributed by atoms with E-state index in [4.69, 9.17) is 4.74 Å². The number of halogens is 3. The molecule has 0 bridgehead atoms. The molecule has 1 heterocycles. The van der Waals surface area contributed by atoms with Gasteiger partial charge in [-0.1, -0.05) is 0 Å². The highest BCUT2D eigenvalue weighted by Crippen LogP contribution is 2.30. The van der Waals surface area contributed by atoms with Crippen molar-refractivity contribution in [2.45, 2.75) is 13.1 Å². The third-order valence-corrected chi connectivity index (χ3v) is 2.45. The first kappa shape index (κ1) is 12.5. The monoisotopic (exact) mass is 256 g/mol. The number of nitrogens with zero attached hydrogens (tertiary/aromatic N) is 2. The van der Waals surface area contributed by atoms with Crippen LogP contribution < -0.4 is 4.74 Å². The van der Waals surface area contributed by atoms with Crippen LogP contribution in [0.4, 0.5) is 13.2 Å². The van der Waals surface area contributed by atoms with Gasteiger partial charge in [-0.15, -0.1) is 0 Å². The molecule has 0 saturated heterocycles. The third kappa shape index (κ3) is 2.32. The van der Waals surface area contributed by atoms with E-state index >= 15 is 0 Å². The molecule has 6 heteroatoms. The highest BCUT2D eigenvalue weighted by atomic mass is 19.4. The Kier molecular flexibility index (Phi) is 3.02. The summed E-state index contributed by atoms with van der Waals surface area (Å²) in [5.41, 5.74) is 0.564. The second-order valence-electron chi connectivity index (χ2n) is 3.78. The normalized spacial score (nSPS) is 11.6. The number of ether oxygens (including phenoxy) is 1. The molecule has 0 aliphatic heterocycles. The van der Waals surface area contributed by atoms with Gasteiger partial charge in [-0.2, -0.15) is 18.3 Å². The van der Waals surface area contributed by atoms with Crippen LogP contribution in [-0.2, 0) is 6.18 Å². The van der Waals surface area contributed by atoms with E-state index in [1.807, 2.05) is 0 Å². The van der Waals surface area contributed by atoms with E-state index in [-0.39, 0.29) is 0 Å². The zero-order chi connectivity index (χ0) is 13.3. The summed E-state index contributed by atoms with van der Waals surface area (Å²) in [5, 5.41) is 4.15. The second kappa shape index (κ2) is 4.36. The summed E-state index contributed by atoms with van der Waals surface area (Å²) in [6.07, 6.45) is -4.33. The van der Waals surface area contributed by atoms with E-state index in [9.17, 15) is 13.2 Å². The van der Waals surface area contributed by atoms with E-state index in [1.54, 1.807) is 13.0 Å². The van der Waals surface area contributed by atoms with Crippen LogP contribution in [0.2, 0.25) is 0 Å². The predicted octanol–water partition coefficient (Wildman–Crippen LogP) is 3.21. The topological polar surface area (TPSA) is 27.1 Å². The van der Waals surface area contributed by atoms with Gasteiger partial charge < -0.3 is 4.74 Å². The molecular weight excluding hydrogens is 245 g/mol. The van der Waals surface area contributed by atoms with Crippen LogP contribution in [0.1, 0.15) is 11.3 Å². The number of alkyl halides is 3. The molecule has 96 valence electrons. The third-order valence-electron chi connectivity index (χ3n) is 2.45. The lowest BCUT2D eigenvalue weighted by atomic mass is 10.2. The SMILES string of the molecule is COc1cc(C)nn1-c1ccc(C(F)(F)F)cc1. The maximum absolute atomic E-state index is 12.4. The number of hydrogen-bond acceptors (Lipinski definition) is 2. The lowest BCUT2D eigenvalue weighted by molar-refractivity contribution is -0.137. The first-order chi connectivity index (χ1) is 8.41. The molecule has 0 unspecified atom stereocenters. The first-order valence-electron chi connectivity index (χ1n) is 5.20. The molecule has 3 nitrogen and oxygen atoms in total. The Bertz CT molecular complexity index is 543. The van der Waals surface area contributed by atoms with Crippen LogP contribution in [0.3, 0.4) is 0 Å². The maximum atomic E-state index is 12.4. The van der Waals surface area contributed by atoms with Crippen LogP contribution in [0, 0.1) is 6.92 Å². The molecular formula is C12H11F3N2O. The fourth-order valence-corrected chi connectivity index (χ4v) is 1.60. The lowest BCUT2D eigenvalue weighted by Crippen LogP contribution is -2.05. The Morgan fingerprint density at radius 1 is 1.17 bits per heavy atom. The van der Waals surface area contributed by atoms with Crippen molar-refractivity contribution in [3.05, 3.63) is 41.6 Å². The van der Waals surface area contributed by atoms with Gasteiger partial charge >= 0.3 is 6.18 Å². The average Bonchev–Trinajstić information content (AvgIpc) is 2.69. The second-order valence-corrected chi connectivity index (χ2v) is 3.78. The van der Waals surface area contributed by atoms with Gasteiger partial charge in [0.05, 0.1) is 24.1 Å². The maximum Gasteiger partial charge on any atom is 0.416 e. The molecule has 0 aliphatic carbocycles. The summed E-state index contributed by atoms with van der Waals surface area (Å²) in [4.78, 5) is 0. The Labute approximate surface area is 102 Å². The number of rotatable bonds is 2. The van der Waals surface area contributed by atoms with Crippen molar-refractivity contribution in [1.29, 1.82) is 0 Å². The van der Waals surface area contributed by atoms with Crippen LogP contribution in [0.5, 0.6) is 5.88 Å². The zero-order valence-electron chi connectivity index (χ0n) is 9.82. The summed E-state index contributed by atoms with van der Waals surface area (Å²) in [6.45, 7) is 1.78. The number of aryl methyl sites for hydroxylation is 1. The van der Waals surface area contributed by atoms with Gasteiger partial charge in [0.25, 0.3) is 0 Å². The minimum Gasteiger partial charge on any atom is -0.481 e. The summed E-state index contributed by atoms with van der Waals surface area (Å²) < 4.78 is 43.8. The molecule has 0 fully saturated rings. The Hall–Kier alpha value is -1.98. The quantitative estimate of drug-likeness (QED) is 0.825. The molecule has 0 spiro atoms. The number of aromatic nitrogens is 2. The van der Waals surface area contributed by atoms with Crippen LogP contribution >= 0.6 is 0 Å². The van der Waals surface area contributed by atoms with E-state index in [0.29, 0.717) is 11.6 Å². The first-order valence-corrected chi connectivity index (χ1v) is 5.20. The Balaban J connectivity index is 2.40. The fraction of sp³-hybridized carbons (Fsp3) is 0.250. The standard InChI is InChI=1S/C12H11F3N2O/c1-8-7-11(18-2)17(16-8)10-5-3-9(4-6-10)12(13,14)15/h3-7H,1-2H3. The molecule has 2 aromatic rings. The molecule has 18 heavy (non-hydrogen) atoms. The van der Waals surface area contributed by atoms with Crippen molar-refractivity contribution in [2.75, 3.05) is 7.11 Å². The smallest absolute Gasteiger partial charge is 0.416 e. The van der Waals surface area contributed by atoms with E-state index in [0.717, 1.165) is 17.8 Å². The zero-order valence-corrected chi connectivity index (χ0v) is 9.82. The molecule has 0 N–H and O–H groups in total. The molecule has 2 rings (SSSR count). The highest BCUT2D eigenvalue weighted by Gasteiger charge is 2.30. The minimum absolute atomic E-state index is 0.479. The lowest BCUT2D eigenvalue weighted by Gasteiger charge is -2.09. The molecule has 0 saturated carbocycles. The van der Waals surface area contributed by atoms with Gasteiger partial charge in [0, 0.05) is 6.07 Å². The Morgan fingerprint density at radius 3 is 2.28 bits per heavy atom. The summed E-state index contributed by atoms with van der Waals surface area (Å²) in [6, 6.07) is 6.46. The number of methoxy groups -OCH3 is 1. The average molecular weight is 256 g/mol. The van der Waals surface area contributed by atoms with Gasteiger partial charge in [0.2, 0.25) is 5.88 Å². The summed E-state index contributed by atoms with van der Waals surface area (Å²) in [5.74, 6) is 0.479. The van der Waals surface area contributed by atoms with Crippen molar-refractivity contribution in [2.24, 2.45) is 0 Å². The van der Waals surface area contributed by atoms with Crippen LogP contribution in [-0.4, -0.2) is 16.9 Å². The fourth-order valence-electron chi connectivity index (χ4n) is 1.60. The largest absolute Gasteiger partial charge is 0.481 e. The number of benzene rings is 1. The molecule has 0 amide bonds. The van der Waals surface area contributed by atoms with Gasteiger partial charge in [-0.3, -0.25) is 0 Å². The Morgan fingerprint density at radius 2 is 1.78 bits per heavy atom. The molecule has 0 atom stereocenters. The van der Waals surface area contributed by atoms with Crippen LogP contribution in [0.25, 0.3) is 5.69 Å². The minimum atomic E-state index is -4.33. The predicted molar refractivity (Wildman–Crippen MR) is 59.9 cm³/mol. The van der Waals surface area contributed by atoms with Crippen molar-refractivity contribution >= 4 is 0 Å². The number of hydrogen-bond donors (Lipinski definition) is 0. The van der Waals surface area contributed by atoms with Gasteiger partial charge in [0.15, 0.2) is 0 Å². The van der Waals surface area contributed by atoms with E-state index in [1.165, 1.54) is 23.9 Å². The van der Waals surface area contributed by atoms with Crippen molar-refractivity contribution < 1.29 is 17.9 Å². The van der Waals surface area contributed by atoms with E-state index in [2.05, 4.69) is 5.10 Å². The summed E-state index contributed by atoms with van der Waals surface area (Å²) >= 11 is 0.